The molecule has 0 fully saturated rings. The van der Waals surface area contributed by atoms with E-state index >= 15 is 0 Å². The van der Waals surface area contributed by atoms with Crippen LogP contribution in [0.25, 0.3) is 11.1 Å². The van der Waals surface area contributed by atoms with Crippen LogP contribution in [0.4, 0.5) is 17.6 Å². The quantitative estimate of drug-likeness (QED) is 0.805. The second-order valence-electron chi connectivity index (χ2n) is 4.60. The summed E-state index contributed by atoms with van der Waals surface area (Å²) >= 11 is 0. The van der Waals surface area contributed by atoms with Gasteiger partial charge in [0.15, 0.2) is 0 Å². The highest BCUT2D eigenvalue weighted by Gasteiger charge is 2.30. The third-order valence-corrected chi connectivity index (χ3v) is 3.01. The molecule has 2 aromatic rings. The number of hydrogen-bond acceptors (Lipinski definition) is 1. The van der Waals surface area contributed by atoms with Crippen molar-refractivity contribution in [3.8, 4) is 11.1 Å². The van der Waals surface area contributed by atoms with Crippen molar-refractivity contribution in [2.75, 3.05) is 0 Å². The summed E-state index contributed by atoms with van der Waals surface area (Å²) in [7, 11) is 0. The molecule has 20 heavy (non-hydrogen) atoms. The zero-order chi connectivity index (χ0) is 14.9. The predicted octanol–water partition coefficient (Wildman–Crippen LogP) is 4.53. The minimum Gasteiger partial charge on any atom is -0.324 e. The molecule has 2 aromatic carbocycles. The molecule has 5 heteroatoms. The fourth-order valence-electron chi connectivity index (χ4n) is 2.04. The van der Waals surface area contributed by atoms with E-state index in [0.717, 1.165) is 12.1 Å². The first-order valence-corrected chi connectivity index (χ1v) is 6.01. The van der Waals surface area contributed by atoms with E-state index in [9.17, 15) is 17.6 Å². The predicted molar refractivity (Wildman–Crippen MR) is 69.4 cm³/mol. The molecule has 1 nitrogen and oxygen atoms in total. The number of nitrogens with two attached hydrogens (primary N) is 1. The minimum atomic E-state index is -4.43. The van der Waals surface area contributed by atoms with E-state index in [4.69, 9.17) is 5.73 Å². The molecule has 0 aliphatic carbocycles. The maximum Gasteiger partial charge on any atom is 0.416 e. The van der Waals surface area contributed by atoms with Crippen molar-refractivity contribution in [3.05, 3.63) is 59.4 Å². The largest absolute Gasteiger partial charge is 0.416 e. The first-order valence-electron chi connectivity index (χ1n) is 6.01. The summed E-state index contributed by atoms with van der Waals surface area (Å²) in [6.07, 6.45) is -4.43. The summed E-state index contributed by atoms with van der Waals surface area (Å²) < 4.78 is 51.5. The Morgan fingerprint density at radius 2 is 1.75 bits per heavy atom. The Balaban J connectivity index is 2.59. The van der Waals surface area contributed by atoms with Crippen LogP contribution in [-0.4, -0.2) is 0 Å². The van der Waals surface area contributed by atoms with Crippen LogP contribution in [0.2, 0.25) is 0 Å². The zero-order valence-electron chi connectivity index (χ0n) is 10.7. The van der Waals surface area contributed by atoms with Gasteiger partial charge < -0.3 is 5.73 Å². The molecule has 2 rings (SSSR count). The van der Waals surface area contributed by atoms with Crippen LogP contribution in [-0.2, 0) is 6.18 Å². The van der Waals surface area contributed by atoms with Gasteiger partial charge in [-0.2, -0.15) is 13.2 Å². The third kappa shape index (κ3) is 2.99. The average molecular weight is 283 g/mol. The van der Waals surface area contributed by atoms with Gasteiger partial charge in [0.05, 0.1) is 5.56 Å². The Morgan fingerprint density at radius 1 is 1.05 bits per heavy atom. The second kappa shape index (κ2) is 5.25. The molecule has 0 heterocycles. The molecule has 2 N–H and O–H groups in total. The van der Waals surface area contributed by atoms with Gasteiger partial charge in [-0.05, 0) is 47.9 Å². The third-order valence-electron chi connectivity index (χ3n) is 3.01. The zero-order valence-corrected chi connectivity index (χ0v) is 10.7. The monoisotopic (exact) mass is 283 g/mol. The van der Waals surface area contributed by atoms with E-state index in [1.54, 1.807) is 6.92 Å². The molecule has 1 unspecified atom stereocenters. The number of hydrogen-bond donors (Lipinski definition) is 1. The minimum absolute atomic E-state index is 0.298. The van der Waals surface area contributed by atoms with E-state index in [2.05, 4.69) is 0 Å². The van der Waals surface area contributed by atoms with Crippen molar-refractivity contribution in [1.29, 1.82) is 0 Å². The van der Waals surface area contributed by atoms with Crippen LogP contribution >= 0.6 is 0 Å². The Hall–Kier alpha value is -1.88. The van der Waals surface area contributed by atoms with Gasteiger partial charge in [0.25, 0.3) is 0 Å². The van der Waals surface area contributed by atoms with Gasteiger partial charge >= 0.3 is 6.18 Å². The molecule has 0 aromatic heterocycles. The lowest BCUT2D eigenvalue weighted by Gasteiger charge is -2.14. The molecule has 0 bridgehead atoms. The lowest BCUT2D eigenvalue weighted by Crippen LogP contribution is -2.08. The summed E-state index contributed by atoms with van der Waals surface area (Å²) in [4.78, 5) is 0. The summed E-state index contributed by atoms with van der Waals surface area (Å²) in [5.74, 6) is -0.512. The Kier molecular flexibility index (Phi) is 3.81. The van der Waals surface area contributed by atoms with Crippen LogP contribution < -0.4 is 5.73 Å². The SMILES string of the molecule is CC(N)c1ccc(F)cc1-c1cccc(C(F)(F)F)c1. The topological polar surface area (TPSA) is 26.0 Å². The van der Waals surface area contributed by atoms with Crippen molar-refractivity contribution in [2.24, 2.45) is 5.73 Å². The first-order chi connectivity index (χ1) is 9.29. The lowest BCUT2D eigenvalue weighted by molar-refractivity contribution is -0.137. The van der Waals surface area contributed by atoms with Crippen LogP contribution in [0.3, 0.4) is 0 Å². The summed E-state index contributed by atoms with van der Waals surface area (Å²) in [6, 6.07) is 8.33. The summed E-state index contributed by atoms with van der Waals surface area (Å²) in [6.45, 7) is 1.70. The fraction of sp³-hybridized carbons (Fsp3) is 0.200. The van der Waals surface area contributed by atoms with Crippen molar-refractivity contribution < 1.29 is 17.6 Å². The van der Waals surface area contributed by atoms with E-state index in [-0.39, 0.29) is 0 Å². The van der Waals surface area contributed by atoms with E-state index in [0.29, 0.717) is 16.7 Å². The van der Waals surface area contributed by atoms with Gasteiger partial charge in [-0.1, -0.05) is 18.2 Å². The molecule has 1 atom stereocenters. The van der Waals surface area contributed by atoms with Crippen molar-refractivity contribution >= 4 is 0 Å². The van der Waals surface area contributed by atoms with Crippen molar-refractivity contribution in [3.63, 3.8) is 0 Å². The molecule has 0 saturated heterocycles. The highest BCUT2D eigenvalue weighted by atomic mass is 19.4. The smallest absolute Gasteiger partial charge is 0.324 e. The van der Waals surface area contributed by atoms with Gasteiger partial charge in [0, 0.05) is 6.04 Å². The normalized spacial score (nSPS) is 13.3. The van der Waals surface area contributed by atoms with Crippen molar-refractivity contribution in [2.45, 2.75) is 19.1 Å². The number of rotatable bonds is 2. The van der Waals surface area contributed by atoms with Gasteiger partial charge in [0.2, 0.25) is 0 Å². The second-order valence-corrected chi connectivity index (χ2v) is 4.60. The lowest BCUT2D eigenvalue weighted by atomic mass is 9.94. The number of halogens is 4. The van der Waals surface area contributed by atoms with Gasteiger partial charge in [-0.3, -0.25) is 0 Å². The van der Waals surface area contributed by atoms with Gasteiger partial charge in [0.1, 0.15) is 5.82 Å². The van der Waals surface area contributed by atoms with Crippen molar-refractivity contribution in [1.82, 2.24) is 0 Å². The van der Waals surface area contributed by atoms with E-state index in [1.165, 1.54) is 30.3 Å². The number of benzene rings is 2. The molecular weight excluding hydrogens is 270 g/mol. The maximum absolute atomic E-state index is 13.4. The molecule has 0 aliphatic heterocycles. The van der Waals surface area contributed by atoms with E-state index in [1.807, 2.05) is 0 Å². The van der Waals surface area contributed by atoms with Crippen LogP contribution in [0.15, 0.2) is 42.5 Å². The Labute approximate surface area is 114 Å². The maximum atomic E-state index is 13.4. The Morgan fingerprint density at radius 3 is 2.35 bits per heavy atom. The van der Waals surface area contributed by atoms with Crippen LogP contribution in [0.5, 0.6) is 0 Å². The highest BCUT2D eigenvalue weighted by Crippen LogP contribution is 2.34. The molecule has 0 aliphatic rings. The van der Waals surface area contributed by atoms with Gasteiger partial charge in [-0.15, -0.1) is 0 Å². The molecule has 0 amide bonds. The summed E-state index contributed by atoms with van der Waals surface area (Å²) in [5, 5.41) is 0. The number of alkyl halides is 3. The molecule has 106 valence electrons. The molecule has 0 saturated carbocycles. The van der Waals surface area contributed by atoms with Gasteiger partial charge in [-0.25, -0.2) is 4.39 Å². The van der Waals surface area contributed by atoms with Crippen LogP contribution in [0, 0.1) is 5.82 Å². The standard InChI is InChI=1S/C15H13F4N/c1-9(20)13-6-5-12(16)8-14(13)10-3-2-4-11(7-10)15(17,18)19/h2-9H,20H2,1H3. The van der Waals surface area contributed by atoms with E-state index < -0.39 is 23.6 Å². The molecule has 0 radical (unpaired) electrons. The average Bonchev–Trinajstić information content (AvgIpc) is 2.37. The Bertz CT molecular complexity index is 618. The first kappa shape index (κ1) is 14.5. The fourth-order valence-corrected chi connectivity index (χ4v) is 2.04. The molecule has 0 spiro atoms. The highest BCUT2D eigenvalue weighted by molar-refractivity contribution is 5.68. The summed E-state index contributed by atoms with van der Waals surface area (Å²) in [5.41, 5.74) is 6.29. The van der Waals surface area contributed by atoms with Crippen LogP contribution in [0.1, 0.15) is 24.1 Å². The molecular formula is C15H13F4N.